The van der Waals surface area contributed by atoms with Crippen molar-refractivity contribution >= 4 is 28.6 Å². The van der Waals surface area contributed by atoms with Crippen molar-refractivity contribution in [1.29, 1.82) is 0 Å². The number of hydrogen-bond acceptors (Lipinski definition) is 4. The maximum atomic E-state index is 6.18. The van der Waals surface area contributed by atoms with Crippen molar-refractivity contribution in [3.8, 4) is 16.4 Å². The molecule has 2 N–H and O–H groups in total. The molecule has 0 saturated carbocycles. The number of nitrogens with zero attached hydrogens (tertiary/aromatic N) is 3. The summed E-state index contributed by atoms with van der Waals surface area (Å²) in [5.41, 5.74) is 8.01. The van der Waals surface area contributed by atoms with E-state index in [0.29, 0.717) is 10.8 Å². The Balaban J connectivity index is 2.06. The van der Waals surface area contributed by atoms with E-state index in [1.165, 1.54) is 11.3 Å². The van der Waals surface area contributed by atoms with Gasteiger partial charge >= 0.3 is 0 Å². The highest BCUT2D eigenvalue weighted by Crippen LogP contribution is 2.26. The Kier molecular flexibility index (Phi) is 2.77. The Morgan fingerprint density at radius 2 is 2.00 bits per heavy atom. The third kappa shape index (κ3) is 1.98. The van der Waals surface area contributed by atoms with Gasteiger partial charge < -0.3 is 5.73 Å². The molecule has 0 saturated heterocycles. The molecule has 0 fully saturated rings. The first kappa shape index (κ1) is 11.3. The molecule has 3 aromatic rings. The lowest BCUT2D eigenvalue weighted by atomic mass is 10.3. The quantitative estimate of drug-likeness (QED) is 0.731. The first-order valence-electron chi connectivity index (χ1n) is 5.25. The number of halogens is 1. The van der Waals surface area contributed by atoms with Gasteiger partial charge in [-0.15, -0.1) is 11.3 Å². The molecule has 2 heterocycles. The van der Waals surface area contributed by atoms with Crippen LogP contribution in [0, 0.1) is 0 Å². The van der Waals surface area contributed by atoms with Crippen LogP contribution in [-0.4, -0.2) is 14.8 Å². The summed E-state index contributed by atoms with van der Waals surface area (Å²) < 4.78 is 1.66. The summed E-state index contributed by atoms with van der Waals surface area (Å²) in [4.78, 5) is 4.21. The molecule has 90 valence electrons. The van der Waals surface area contributed by atoms with E-state index >= 15 is 0 Å². The van der Waals surface area contributed by atoms with Crippen molar-refractivity contribution in [2.45, 2.75) is 0 Å². The van der Waals surface area contributed by atoms with E-state index in [-0.39, 0.29) is 0 Å². The van der Waals surface area contributed by atoms with Gasteiger partial charge in [-0.1, -0.05) is 11.6 Å². The lowest BCUT2D eigenvalue weighted by Crippen LogP contribution is -1.97. The molecule has 2 aromatic heterocycles. The van der Waals surface area contributed by atoms with E-state index in [2.05, 4.69) is 10.1 Å². The van der Waals surface area contributed by atoms with Gasteiger partial charge in [0.15, 0.2) is 0 Å². The molecular formula is C12H9ClN4S. The van der Waals surface area contributed by atoms with Crippen LogP contribution in [0.25, 0.3) is 16.4 Å². The highest BCUT2D eigenvalue weighted by molar-refractivity contribution is 7.13. The minimum Gasteiger partial charge on any atom is -0.399 e. The predicted octanol–water partition coefficient (Wildman–Crippen LogP) is 3.23. The highest BCUT2D eigenvalue weighted by Gasteiger charge is 2.10. The van der Waals surface area contributed by atoms with Crippen LogP contribution in [0.2, 0.25) is 5.15 Å². The smallest absolute Gasteiger partial charge is 0.143 e. The van der Waals surface area contributed by atoms with Crippen LogP contribution < -0.4 is 5.73 Å². The van der Waals surface area contributed by atoms with Crippen molar-refractivity contribution in [2.75, 3.05) is 5.73 Å². The molecule has 0 amide bonds. The van der Waals surface area contributed by atoms with E-state index in [1.807, 2.05) is 29.6 Å². The Morgan fingerprint density at radius 3 is 2.67 bits per heavy atom. The van der Waals surface area contributed by atoms with Gasteiger partial charge in [-0.25, -0.2) is 9.67 Å². The SMILES string of the molecule is Nc1ccc(-n2nc(-c3nccs3)cc2Cl)cc1. The largest absolute Gasteiger partial charge is 0.399 e. The summed E-state index contributed by atoms with van der Waals surface area (Å²) in [6, 6.07) is 9.18. The Morgan fingerprint density at radius 1 is 1.22 bits per heavy atom. The molecule has 18 heavy (non-hydrogen) atoms. The van der Waals surface area contributed by atoms with Crippen LogP contribution in [0.1, 0.15) is 0 Å². The molecule has 3 rings (SSSR count). The normalized spacial score (nSPS) is 10.7. The van der Waals surface area contributed by atoms with E-state index < -0.39 is 0 Å². The highest BCUT2D eigenvalue weighted by atomic mass is 35.5. The van der Waals surface area contributed by atoms with Crippen LogP contribution in [0.5, 0.6) is 0 Å². The molecule has 0 bridgehead atoms. The van der Waals surface area contributed by atoms with Gasteiger partial charge in [-0.3, -0.25) is 0 Å². The van der Waals surface area contributed by atoms with Crippen LogP contribution in [0.3, 0.4) is 0 Å². The lowest BCUT2D eigenvalue weighted by Gasteiger charge is -2.02. The van der Waals surface area contributed by atoms with Crippen molar-refractivity contribution in [1.82, 2.24) is 14.8 Å². The fourth-order valence-corrected chi connectivity index (χ4v) is 2.44. The van der Waals surface area contributed by atoms with Crippen LogP contribution in [0.4, 0.5) is 5.69 Å². The number of anilines is 1. The summed E-state index contributed by atoms with van der Waals surface area (Å²) in [6.07, 6.45) is 1.75. The van der Waals surface area contributed by atoms with Crippen molar-refractivity contribution < 1.29 is 0 Å². The summed E-state index contributed by atoms with van der Waals surface area (Å²) in [5.74, 6) is 0. The van der Waals surface area contributed by atoms with E-state index in [1.54, 1.807) is 16.9 Å². The minimum absolute atomic E-state index is 0.546. The summed E-state index contributed by atoms with van der Waals surface area (Å²) in [6.45, 7) is 0. The fraction of sp³-hybridized carbons (Fsp3) is 0. The number of nitrogen functional groups attached to an aromatic ring is 1. The van der Waals surface area contributed by atoms with E-state index in [4.69, 9.17) is 17.3 Å². The Bertz CT molecular complexity index is 658. The maximum Gasteiger partial charge on any atom is 0.143 e. The Hall–Kier alpha value is -1.85. The van der Waals surface area contributed by atoms with Gasteiger partial charge in [0.05, 0.1) is 5.69 Å². The first-order valence-corrected chi connectivity index (χ1v) is 6.51. The molecule has 0 aliphatic heterocycles. The predicted molar refractivity (Wildman–Crippen MR) is 74.1 cm³/mol. The van der Waals surface area contributed by atoms with Gasteiger partial charge in [0.25, 0.3) is 0 Å². The van der Waals surface area contributed by atoms with Gasteiger partial charge in [0, 0.05) is 23.3 Å². The van der Waals surface area contributed by atoms with Crippen LogP contribution >= 0.6 is 22.9 Å². The number of rotatable bonds is 2. The number of nitrogens with two attached hydrogens (primary N) is 1. The van der Waals surface area contributed by atoms with Crippen molar-refractivity contribution in [2.24, 2.45) is 0 Å². The standard InChI is InChI=1S/C12H9ClN4S/c13-11-7-10(12-15-5-6-18-12)16-17(11)9-3-1-8(14)2-4-9/h1-7H,14H2. The molecule has 0 spiro atoms. The molecule has 0 radical (unpaired) electrons. The van der Waals surface area contributed by atoms with Gasteiger partial charge in [-0.2, -0.15) is 5.10 Å². The molecule has 0 aliphatic carbocycles. The molecule has 0 atom stereocenters. The van der Waals surface area contributed by atoms with E-state index in [0.717, 1.165) is 16.4 Å². The minimum atomic E-state index is 0.546. The maximum absolute atomic E-state index is 6.18. The van der Waals surface area contributed by atoms with Gasteiger partial charge in [0.2, 0.25) is 0 Å². The second kappa shape index (κ2) is 4.44. The molecule has 4 nitrogen and oxygen atoms in total. The molecule has 0 aliphatic rings. The van der Waals surface area contributed by atoms with Crippen molar-refractivity contribution in [3.05, 3.63) is 47.1 Å². The van der Waals surface area contributed by atoms with Gasteiger partial charge in [0.1, 0.15) is 15.9 Å². The second-order valence-corrected chi connectivity index (χ2v) is 4.97. The third-order valence-corrected chi connectivity index (χ3v) is 3.52. The van der Waals surface area contributed by atoms with Crippen LogP contribution in [-0.2, 0) is 0 Å². The number of aromatic nitrogens is 3. The van der Waals surface area contributed by atoms with Crippen LogP contribution in [0.15, 0.2) is 41.9 Å². The molecule has 1 aromatic carbocycles. The summed E-state index contributed by atoms with van der Waals surface area (Å²) in [7, 11) is 0. The number of thiazole rings is 1. The van der Waals surface area contributed by atoms with Crippen molar-refractivity contribution in [3.63, 3.8) is 0 Å². The monoisotopic (exact) mass is 276 g/mol. The zero-order valence-electron chi connectivity index (χ0n) is 9.25. The zero-order chi connectivity index (χ0) is 12.5. The average molecular weight is 277 g/mol. The fourth-order valence-electron chi connectivity index (χ4n) is 1.61. The first-order chi connectivity index (χ1) is 8.74. The molecule has 0 unspecified atom stereocenters. The average Bonchev–Trinajstić information content (AvgIpc) is 2.99. The number of hydrogen-bond donors (Lipinski definition) is 1. The zero-order valence-corrected chi connectivity index (χ0v) is 10.8. The lowest BCUT2D eigenvalue weighted by molar-refractivity contribution is 0.885. The van der Waals surface area contributed by atoms with Gasteiger partial charge in [-0.05, 0) is 24.3 Å². The molecular weight excluding hydrogens is 268 g/mol. The summed E-state index contributed by atoms with van der Waals surface area (Å²) >= 11 is 7.71. The summed E-state index contributed by atoms with van der Waals surface area (Å²) in [5, 5.41) is 7.75. The topological polar surface area (TPSA) is 56.7 Å². The van der Waals surface area contributed by atoms with E-state index in [9.17, 15) is 0 Å². The Labute approximate surface area is 113 Å². The molecule has 6 heteroatoms. The second-order valence-electron chi connectivity index (χ2n) is 3.69. The number of benzene rings is 1. The third-order valence-electron chi connectivity index (χ3n) is 2.45.